The molecule has 2 rings (SSSR count). The average Bonchev–Trinajstić information content (AvgIpc) is 2.61. The first-order valence-corrected chi connectivity index (χ1v) is 9.28. The fourth-order valence-electron chi connectivity index (χ4n) is 2.40. The van der Waals surface area contributed by atoms with Gasteiger partial charge in [0.25, 0.3) is 0 Å². The van der Waals surface area contributed by atoms with Crippen molar-refractivity contribution in [3.05, 3.63) is 53.6 Å². The van der Waals surface area contributed by atoms with Crippen LogP contribution < -0.4 is 14.2 Å². The maximum atomic E-state index is 12.4. The van der Waals surface area contributed by atoms with Crippen molar-refractivity contribution in [2.24, 2.45) is 0 Å². The van der Waals surface area contributed by atoms with E-state index in [4.69, 9.17) is 9.47 Å². The van der Waals surface area contributed by atoms with Crippen LogP contribution in [0.3, 0.4) is 0 Å². The Bertz CT molecular complexity index is 770. The van der Waals surface area contributed by atoms with E-state index in [0.29, 0.717) is 25.1 Å². The molecule has 0 amide bonds. The Morgan fingerprint density at radius 1 is 1.00 bits per heavy atom. The molecule has 24 heavy (non-hydrogen) atoms. The number of sulfonamides is 1. The smallest absolute Gasteiger partial charge is 0.240 e. The Kier molecular flexibility index (Phi) is 6.23. The molecule has 5 nitrogen and oxygen atoms in total. The van der Waals surface area contributed by atoms with Crippen LogP contribution in [0.5, 0.6) is 11.5 Å². The number of benzene rings is 2. The summed E-state index contributed by atoms with van der Waals surface area (Å²) in [5.74, 6) is 1.49. The van der Waals surface area contributed by atoms with Crippen LogP contribution in [0.1, 0.15) is 18.1 Å². The van der Waals surface area contributed by atoms with Crippen LogP contribution in [0.2, 0.25) is 0 Å². The number of ether oxygens (including phenoxy) is 2. The Labute approximate surface area is 143 Å². The maximum Gasteiger partial charge on any atom is 0.240 e. The van der Waals surface area contributed by atoms with E-state index in [1.807, 2.05) is 31.2 Å². The first kappa shape index (κ1) is 18.3. The van der Waals surface area contributed by atoms with Crippen LogP contribution in [-0.2, 0) is 22.9 Å². The van der Waals surface area contributed by atoms with Crippen LogP contribution in [0, 0.1) is 0 Å². The molecule has 130 valence electrons. The Morgan fingerprint density at radius 3 is 2.29 bits per heavy atom. The molecule has 0 heterocycles. The molecule has 0 aliphatic rings. The zero-order chi connectivity index (χ0) is 17.6. The van der Waals surface area contributed by atoms with Crippen molar-refractivity contribution in [2.45, 2.75) is 24.7 Å². The molecule has 0 bridgehead atoms. The van der Waals surface area contributed by atoms with E-state index in [2.05, 4.69) is 4.72 Å². The normalized spacial score (nSPS) is 11.3. The lowest BCUT2D eigenvalue weighted by molar-refractivity contribution is 0.409. The van der Waals surface area contributed by atoms with E-state index in [1.54, 1.807) is 32.4 Å². The Balaban J connectivity index is 2.02. The van der Waals surface area contributed by atoms with Gasteiger partial charge in [-0.15, -0.1) is 0 Å². The molecule has 2 aromatic carbocycles. The van der Waals surface area contributed by atoms with Crippen molar-refractivity contribution in [3.8, 4) is 11.5 Å². The zero-order valence-electron chi connectivity index (χ0n) is 14.2. The molecule has 2 aromatic rings. The summed E-state index contributed by atoms with van der Waals surface area (Å²) in [6, 6.07) is 12.5. The Hall–Kier alpha value is -2.05. The van der Waals surface area contributed by atoms with Crippen LogP contribution in [0.25, 0.3) is 0 Å². The molecule has 0 spiro atoms. The summed E-state index contributed by atoms with van der Waals surface area (Å²) in [4.78, 5) is 0.259. The Morgan fingerprint density at radius 2 is 1.71 bits per heavy atom. The van der Waals surface area contributed by atoms with E-state index in [-0.39, 0.29) is 4.90 Å². The van der Waals surface area contributed by atoms with Gasteiger partial charge in [0.05, 0.1) is 19.1 Å². The molecule has 0 aliphatic heterocycles. The van der Waals surface area contributed by atoms with Crippen LogP contribution in [0.4, 0.5) is 0 Å². The molecule has 0 aromatic heterocycles. The third-order valence-corrected chi connectivity index (χ3v) is 5.27. The van der Waals surface area contributed by atoms with Crippen molar-refractivity contribution in [1.29, 1.82) is 0 Å². The third-order valence-electron chi connectivity index (χ3n) is 3.81. The van der Waals surface area contributed by atoms with E-state index >= 15 is 0 Å². The van der Waals surface area contributed by atoms with Gasteiger partial charge in [-0.25, -0.2) is 13.1 Å². The molecular weight excluding hydrogens is 326 g/mol. The van der Waals surface area contributed by atoms with Crippen molar-refractivity contribution >= 4 is 10.0 Å². The summed E-state index contributed by atoms with van der Waals surface area (Å²) in [7, 11) is -0.338. The van der Waals surface area contributed by atoms with Gasteiger partial charge < -0.3 is 9.47 Å². The molecule has 0 fully saturated rings. The summed E-state index contributed by atoms with van der Waals surface area (Å²) >= 11 is 0. The number of rotatable bonds is 8. The highest BCUT2D eigenvalue weighted by Gasteiger charge is 2.15. The van der Waals surface area contributed by atoms with Gasteiger partial charge in [-0.1, -0.05) is 19.1 Å². The molecule has 0 atom stereocenters. The largest absolute Gasteiger partial charge is 0.497 e. The fraction of sp³-hybridized carbons (Fsp3) is 0.333. The fourth-order valence-corrected chi connectivity index (χ4v) is 3.49. The number of hydrogen-bond donors (Lipinski definition) is 1. The SMILES string of the molecule is CCc1cc(S(=O)(=O)NCCc2ccc(OC)cc2)ccc1OC. The quantitative estimate of drug-likeness (QED) is 0.796. The second kappa shape index (κ2) is 8.17. The predicted octanol–water partition coefficient (Wildman–Crippen LogP) is 2.79. The van der Waals surface area contributed by atoms with E-state index in [9.17, 15) is 8.42 Å². The minimum absolute atomic E-state index is 0.259. The summed E-state index contributed by atoms with van der Waals surface area (Å²) in [6.45, 7) is 2.30. The number of aryl methyl sites for hydroxylation is 1. The van der Waals surface area contributed by atoms with Gasteiger partial charge in [0.2, 0.25) is 10.0 Å². The number of methoxy groups -OCH3 is 2. The topological polar surface area (TPSA) is 64.6 Å². The lowest BCUT2D eigenvalue weighted by atomic mass is 10.1. The first-order chi connectivity index (χ1) is 11.5. The van der Waals surface area contributed by atoms with Gasteiger partial charge in [-0.3, -0.25) is 0 Å². The maximum absolute atomic E-state index is 12.4. The number of hydrogen-bond acceptors (Lipinski definition) is 4. The van der Waals surface area contributed by atoms with Crippen molar-refractivity contribution in [3.63, 3.8) is 0 Å². The van der Waals surface area contributed by atoms with E-state index in [0.717, 1.165) is 16.9 Å². The monoisotopic (exact) mass is 349 g/mol. The summed E-state index contributed by atoms with van der Waals surface area (Å²) in [5, 5.41) is 0. The average molecular weight is 349 g/mol. The highest BCUT2D eigenvalue weighted by Crippen LogP contribution is 2.22. The van der Waals surface area contributed by atoms with Gasteiger partial charge in [0.1, 0.15) is 11.5 Å². The van der Waals surface area contributed by atoms with Crippen molar-refractivity contribution in [1.82, 2.24) is 4.72 Å². The molecule has 6 heteroatoms. The first-order valence-electron chi connectivity index (χ1n) is 7.79. The highest BCUT2D eigenvalue weighted by molar-refractivity contribution is 7.89. The van der Waals surface area contributed by atoms with Crippen LogP contribution in [0.15, 0.2) is 47.4 Å². The summed E-state index contributed by atoms with van der Waals surface area (Å²) in [5.41, 5.74) is 1.91. The molecule has 0 radical (unpaired) electrons. The van der Waals surface area contributed by atoms with Gasteiger partial charge in [0, 0.05) is 6.54 Å². The highest BCUT2D eigenvalue weighted by atomic mass is 32.2. The minimum atomic E-state index is -3.53. The lowest BCUT2D eigenvalue weighted by Gasteiger charge is -2.11. The zero-order valence-corrected chi connectivity index (χ0v) is 15.0. The molecule has 0 saturated heterocycles. The van der Waals surface area contributed by atoms with Crippen LogP contribution >= 0.6 is 0 Å². The summed E-state index contributed by atoms with van der Waals surface area (Å²) < 4.78 is 37.8. The van der Waals surface area contributed by atoms with Crippen LogP contribution in [-0.4, -0.2) is 29.2 Å². The van der Waals surface area contributed by atoms with Gasteiger partial charge in [0.15, 0.2) is 0 Å². The molecule has 0 unspecified atom stereocenters. The standard InChI is InChI=1S/C18H23NO4S/c1-4-15-13-17(9-10-18(15)23-3)24(20,21)19-12-11-14-5-7-16(22-2)8-6-14/h5-10,13,19H,4,11-12H2,1-3H3. The van der Waals surface area contributed by atoms with E-state index < -0.39 is 10.0 Å². The molecule has 0 aliphatic carbocycles. The third kappa shape index (κ3) is 4.49. The lowest BCUT2D eigenvalue weighted by Crippen LogP contribution is -2.26. The van der Waals surface area contributed by atoms with Gasteiger partial charge in [-0.05, 0) is 54.3 Å². The second-order valence-electron chi connectivity index (χ2n) is 5.32. The summed E-state index contributed by atoms with van der Waals surface area (Å²) in [6.07, 6.45) is 1.32. The molecular formula is C18H23NO4S. The van der Waals surface area contributed by atoms with E-state index in [1.165, 1.54) is 0 Å². The minimum Gasteiger partial charge on any atom is -0.497 e. The predicted molar refractivity (Wildman–Crippen MR) is 94.3 cm³/mol. The van der Waals surface area contributed by atoms with Crippen molar-refractivity contribution in [2.75, 3.05) is 20.8 Å². The van der Waals surface area contributed by atoms with Crippen molar-refractivity contribution < 1.29 is 17.9 Å². The molecule has 1 N–H and O–H groups in total. The number of nitrogens with one attached hydrogen (secondary N) is 1. The second-order valence-corrected chi connectivity index (χ2v) is 7.09. The molecule has 0 saturated carbocycles. The van der Waals surface area contributed by atoms with Gasteiger partial charge >= 0.3 is 0 Å². The van der Waals surface area contributed by atoms with Gasteiger partial charge in [-0.2, -0.15) is 0 Å².